The van der Waals surface area contributed by atoms with Crippen LogP contribution < -0.4 is 26.0 Å². The number of rotatable bonds is 8. The van der Waals surface area contributed by atoms with E-state index in [1.807, 2.05) is 30.3 Å². The van der Waals surface area contributed by atoms with E-state index in [0.29, 0.717) is 17.9 Å². The number of methoxy groups -OCH3 is 1. The van der Waals surface area contributed by atoms with Crippen molar-refractivity contribution in [1.29, 1.82) is 0 Å². The molecule has 14 heteroatoms. The Morgan fingerprint density at radius 2 is 2.00 bits per heavy atom. The van der Waals surface area contributed by atoms with Gasteiger partial charge in [-0.25, -0.2) is 14.4 Å². The third kappa shape index (κ3) is 5.87. The molecule has 3 aliphatic heterocycles. The second-order valence-electron chi connectivity index (χ2n) is 10.3. The summed E-state index contributed by atoms with van der Waals surface area (Å²) in [5, 5.41) is 21.4. The van der Waals surface area contributed by atoms with Crippen LogP contribution >= 0.6 is 0 Å². The predicted octanol–water partition coefficient (Wildman–Crippen LogP) is 1.05. The van der Waals surface area contributed by atoms with Crippen LogP contribution in [0.5, 0.6) is 5.75 Å². The quantitative estimate of drug-likeness (QED) is 0.233. The number of urea groups is 1. The summed E-state index contributed by atoms with van der Waals surface area (Å²) in [4.78, 5) is 53.1. The minimum atomic E-state index is -1.38. The van der Waals surface area contributed by atoms with Gasteiger partial charge in [-0.1, -0.05) is 36.4 Å². The van der Waals surface area contributed by atoms with Crippen LogP contribution in [0.2, 0.25) is 0 Å². The first kappa shape index (κ1) is 29.3. The topological polar surface area (TPSA) is 176 Å². The van der Waals surface area contributed by atoms with Crippen LogP contribution in [0.25, 0.3) is 0 Å². The molecular weight excluding hydrogens is 548 g/mol. The monoisotopic (exact) mass is 582 g/mol. The summed E-state index contributed by atoms with van der Waals surface area (Å²) >= 11 is 0. The number of fused-ring (bicyclic) bond motifs is 1. The number of nitrogens with two attached hydrogens (primary N) is 1. The molecule has 14 nitrogen and oxygen atoms in total. The first-order valence-corrected chi connectivity index (χ1v) is 13.7. The lowest BCUT2D eigenvalue weighted by atomic mass is 10.1. The number of hydroxylamine groups is 2. The van der Waals surface area contributed by atoms with Crippen LogP contribution in [0.3, 0.4) is 0 Å². The summed E-state index contributed by atoms with van der Waals surface area (Å²) in [6, 6.07) is 14.1. The van der Waals surface area contributed by atoms with Gasteiger partial charge in [0.2, 0.25) is 12.5 Å². The van der Waals surface area contributed by atoms with E-state index in [1.54, 1.807) is 24.3 Å². The normalized spacial score (nSPS) is 27.4. The first-order chi connectivity index (χ1) is 20.2. The van der Waals surface area contributed by atoms with Crippen LogP contribution in [-0.2, 0) is 30.5 Å². The van der Waals surface area contributed by atoms with Crippen LogP contribution in [0.15, 0.2) is 54.6 Å². The van der Waals surface area contributed by atoms with E-state index in [0.717, 1.165) is 15.5 Å². The molecule has 0 aromatic heterocycles. The van der Waals surface area contributed by atoms with Crippen molar-refractivity contribution in [2.75, 3.05) is 25.1 Å². The van der Waals surface area contributed by atoms with Gasteiger partial charge in [-0.3, -0.25) is 19.7 Å². The number of benzene rings is 2. The summed E-state index contributed by atoms with van der Waals surface area (Å²) in [5.74, 6) is -1.35. The van der Waals surface area contributed by atoms with Crippen LogP contribution in [0, 0.1) is 5.21 Å². The highest BCUT2D eigenvalue weighted by molar-refractivity contribution is 5.92. The van der Waals surface area contributed by atoms with Crippen LogP contribution in [0.1, 0.15) is 31.2 Å². The van der Waals surface area contributed by atoms with Crippen LogP contribution in [-0.4, -0.2) is 78.4 Å². The molecule has 4 N–H and O–H groups in total. The van der Waals surface area contributed by atoms with Gasteiger partial charge >= 0.3 is 12.0 Å². The van der Waals surface area contributed by atoms with Crippen molar-refractivity contribution in [3.8, 4) is 5.75 Å². The summed E-state index contributed by atoms with van der Waals surface area (Å²) in [5.41, 5.74) is 6.96. The number of primary amides is 1. The van der Waals surface area contributed by atoms with Gasteiger partial charge < -0.3 is 30.5 Å². The molecular formula is C28H34N6O8. The molecule has 4 amide bonds. The number of esters is 1. The molecule has 3 aliphatic rings. The molecule has 5 atom stereocenters. The second-order valence-corrected chi connectivity index (χ2v) is 10.3. The van der Waals surface area contributed by atoms with Gasteiger partial charge in [0.05, 0.1) is 25.8 Å². The van der Waals surface area contributed by atoms with Crippen molar-refractivity contribution in [2.24, 2.45) is 5.73 Å². The summed E-state index contributed by atoms with van der Waals surface area (Å²) < 4.78 is 15.1. The zero-order chi connectivity index (χ0) is 29.9. The van der Waals surface area contributed by atoms with Gasteiger partial charge in [-0.15, -0.1) is 0 Å². The Morgan fingerprint density at radius 3 is 2.74 bits per heavy atom. The van der Waals surface area contributed by atoms with Gasteiger partial charge in [0, 0.05) is 31.9 Å². The molecule has 224 valence electrons. The fourth-order valence-electron chi connectivity index (χ4n) is 5.67. The van der Waals surface area contributed by atoms with E-state index >= 15 is 0 Å². The number of nitrogens with one attached hydrogen (secondary N) is 2. The molecule has 0 aliphatic carbocycles. The smallest absolute Gasteiger partial charge is 0.323 e. The van der Waals surface area contributed by atoms with Gasteiger partial charge in [-0.2, -0.15) is 5.01 Å². The Morgan fingerprint density at radius 1 is 1.21 bits per heavy atom. The third-order valence-corrected chi connectivity index (χ3v) is 7.60. The lowest BCUT2D eigenvalue weighted by molar-refractivity contribution is -1.01. The van der Waals surface area contributed by atoms with Crippen molar-refractivity contribution in [3.05, 3.63) is 65.4 Å². The zero-order valence-corrected chi connectivity index (χ0v) is 23.1. The molecule has 5 unspecified atom stereocenters. The fourth-order valence-corrected chi connectivity index (χ4v) is 5.67. The number of anilines is 1. The number of hydrogen-bond donors (Lipinski definition) is 3. The minimum absolute atomic E-state index is 0.0354. The standard InChI is InChI=1S/C28H34N6O8/c1-40-20-10-5-9-19(15-20)32(28(29)38)22-11-12-23(35)33-25(30-13-6-14-34(22,33)39)26(37)31-21-16-24(36)42-27(21)41-17-18-7-3-2-4-8-18/h2-5,7-10,15,21-22,25,27,30H,6,11-14,16-17H2,1H3,(H2,29,38)(H,31,37). The molecule has 0 radical (unpaired) electrons. The van der Waals surface area contributed by atoms with E-state index in [4.69, 9.17) is 19.9 Å². The third-order valence-electron chi connectivity index (χ3n) is 7.60. The van der Waals surface area contributed by atoms with Crippen LogP contribution in [0.4, 0.5) is 10.5 Å². The largest absolute Gasteiger partial charge is 0.604 e. The Labute approximate surface area is 242 Å². The summed E-state index contributed by atoms with van der Waals surface area (Å²) in [7, 11) is 1.47. The van der Waals surface area contributed by atoms with Crippen molar-refractivity contribution in [1.82, 2.24) is 15.6 Å². The van der Waals surface area contributed by atoms with E-state index < -0.39 is 53.2 Å². The van der Waals surface area contributed by atoms with Crippen molar-refractivity contribution in [2.45, 2.75) is 57.0 Å². The molecule has 3 fully saturated rings. The van der Waals surface area contributed by atoms with E-state index in [1.165, 1.54) is 7.11 Å². The predicted molar refractivity (Wildman–Crippen MR) is 147 cm³/mol. The van der Waals surface area contributed by atoms with Crippen molar-refractivity contribution in [3.63, 3.8) is 0 Å². The highest BCUT2D eigenvalue weighted by Gasteiger charge is 2.53. The fraction of sp³-hybridized carbons (Fsp3) is 0.429. The molecule has 0 saturated carbocycles. The Hall–Kier alpha value is -4.24. The van der Waals surface area contributed by atoms with Gasteiger partial charge in [0.1, 0.15) is 18.3 Å². The lowest BCUT2D eigenvalue weighted by Gasteiger charge is -2.58. The maximum atomic E-state index is 14.7. The number of amides is 4. The van der Waals surface area contributed by atoms with E-state index in [-0.39, 0.29) is 39.0 Å². The molecule has 2 aromatic rings. The first-order valence-electron chi connectivity index (χ1n) is 13.7. The van der Waals surface area contributed by atoms with Gasteiger partial charge in [0.15, 0.2) is 6.17 Å². The highest BCUT2D eigenvalue weighted by Crippen LogP contribution is 2.36. The molecule has 2 aromatic carbocycles. The molecule has 3 saturated heterocycles. The SMILES string of the molecule is COc1cccc(N(C(N)=O)C2CCC(=O)N3C(C(=O)NC4CC(=O)OC4OCc4ccccc4)NCCC[N+]23[O-])c1. The molecule has 0 spiro atoms. The maximum absolute atomic E-state index is 14.7. The minimum Gasteiger partial charge on any atom is -0.604 e. The summed E-state index contributed by atoms with van der Waals surface area (Å²) in [6.07, 6.45) is -3.45. The van der Waals surface area contributed by atoms with Gasteiger partial charge in [0.25, 0.3) is 11.8 Å². The molecule has 5 rings (SSSR count). The van der Waals surface area contributed by atoms with Crippen molar-refractivity contribution < 1.29 is 38.1 Å². The number of quaternary nitrogens is 1. The summed E-state index contributed by atoms with van der Waals surface area (Å²) in [6.45, 7) is 0.308. The molecule has 3 heterocycles. The van der Waals surface area contributed by atoms with Crippen molar-refractivity contribution >= 4 is 29.5 Å². The maximum Gasteiger partial charge on any atom is 0.323 e. The number of cyclic esters (lactones) is 1. The number of hydrogen-bond acceptors (Lipinski definition) is 9. The zero-order valence-electron chi connectivity index (χ0n) is 23.1. The number of ether oxygens (including phenoxy) is 3. The second kappa shape index (κ2) is 12.3. The van der Waals surface area contributed by atoms with E-state index in [9.17, 15) is 24.4 Å². The Kier molecular flexibility index (Phi) is 8.59. The van der Waals surface area contributed by atoms with E-state index in [2.05, 4.69) is 10.6 Å². The Balaban J connectivity index is 1.38. The number of nitrogens with zero attached hydrogens (tertiary/aromatic N) is 3. The average Bonchev–Trinajstić information content (AvgIpc) is 3.21. The average molecular weight is 583 g/mol. The van der Waals surface area contributed by atoms with Gasteiger partial charge in [-0.05, 0) is 17.7 Å². The molecule has 42 heavy (non-hydrogen) atoms. The number of carbonyl (C=O) groups excluding carboxylic acids is 4. The molecule has 0 bridgehead atoms. The highest BCUT2D eigenvalue weighted by atomic mass is 16.7. The lowest BCUT2D eigenvalue weighted by Crippen LogP contribution is -2.76. The number of carbonyl (C=O) groups is 4. The Bertz CT molecular complexity index is 1330.